The molecule has 0 bridgehead atoms. The first-order chi connectivity index (χ1) is 9.13. The molecule has 0 spiro atoms. The first-order valence-corrected chi connectivity index (χ1v) is 6.56. The van der Waals surface area contributed by atoms with E-state index >= 15 is 0 Å². The van der Waals surface area contributed by atoms with Crippen molar-refractivity contribution >= 4 is 15.9 Å². The van der Waals surface area contributed by atoms with E-state index in [1.807, 2.05) is 24.3 Å². The van der Waals surface area contributed by atoms with Crippen molar-refractivity contribution in [3.8, 4) is 0 Å². The monoisotopic (exact) mass is 326 g/mol. The number of hydrogen-bond acceptors (Lipinski definition) is 2. The average molecular weight is 327 g/mol. The lowest BCUT2D eigenvalue weighted by Crippen LogP contribution is -2.30. The number of benzene rings is 2. The fourth-order valence-corrected chi connectivity index (χ4v) is 2.38. The van der Waals surface area contributed by atoms with Gasteiger partial charge in [-0.25, -0.2) is 8.78 Å². The molecule has 5 heteroatoms. The number of hydrazine groups is 1. The molecule has 2 aromatic carbocycles. The quantitative estimate of drug-likeness (QED) is 0.667. The third-order valence-corrected chi connectivity index (χ3v) is 3.71. The minimum Gasteiger partial charge on any atom is -0.271 e. The summed E-state index contributed by atoms with van der Waals surface area (Å²) < 4.78 is 27.9. The molecule has 0 heterocycles. The van der Waals surface area contributed by atoms with Crippen molar-refractivity contribution in [2.45, 2.75) is 12.5 Å². The van der Waals surface area contributed by atoms with Crippen LogP contribution < -0.4 is 11.3 Å². The topological polar surface area (TPSA) is 38.0 Å². The molecule has 0 aromatic heterocycles. The third kappa shape index (κ3) is 3.18. The van der Waals surface area contributed by atoms with Crippen LogP contribution in [0.1, 0.15) is 17.2 Å². The molecule has 0 radical (unpaired) electrons. The van der Waals surface area contributed by atoms with E-state index in [1.54, 1.807) is 0 Å². The largest absolute Gasteiger partial charge is 0.271 e. The summed E-state index contributed by atoms with van der Waals surface area (Å²) in [5, 5.41) is 0. The van der Waals surface area contributed by atoms with Gasteiger partial charge < -0.3 is 0 Å². The molecule has 1 unspecified atom stereocenters. The maximum absolute atomic E-state index is 13.8. The van der Waals surface area contributed by atoms with E-state index in [0.29, 0.717) is 6.42 Å². The lowest BCUT2D eigenvalue weighted by atomic mass is 9.99. The minimum atomic E-state index is -0.870. The highest BCUT2D eigenvalue weighted by Gasteiger charge is 2.18. The van der Waals surface area contributed by atoms with E-state index < -0.39 is 17.7 Å². The molecular formula is C14H13BrF2N2. The summed E-state index contributed by atoms with van der Waals surface area (Å²) in [5.74, 6) is 3.73. The van der Waals surface area contributed by atoms with Crippen molar-refractivity contribution in [2.24, 2.45) is 5.84 Å². The zero-order valence-electron chi connectivity index (χ0n) is 10.0. The first-order valence-electron chi connectivity index (χ1n) is 5.77. The number of nitrogens with one attached hydrogen (secondary N) is 1. The zero-order chi connectivity index (χ0) is 13.8. The normalized spacial score (nSPS) is 12.4. The van der Waals surface area contributed by atoms with E-state index in [4.69, 9.17) is 5.84 Å². The highest BCUT2D eigenvalue weighted by molar-refractivity contribution is 9.10. The molecule has 3 N–H and O–H groups in total. The van der Waals surface area contributed by atoms with Crippen LogP contribution in [0.4, 0.5) is 8.78 Å². The van der Waals surface area contributed by atoms with E-state index in [2.05, 4.69) is 21.4 Å². The number of halogens is 3. The Labute approximate surface area is 118 Å². The number of hydrogen-bond donors (Lipinski definition) is 2. The molecule has 0 saturated heterocycles. The molecule has 1 atom stereocenters. The summed E-state index contributed by atoms with van der Waals surface area (Å²) in [4.78, 5) is 0. The van der Waals surface area contributed by atoms with Crippen LogP contribution in [0.3, 0.4) is 0 Å². The Hall–Kier alpha value is -1.30. The second-order valence-corrected chi connectivity index (χ2v) is 5.01. The van der Waals surface area contributed by atoms with Crippen LogP contribution in [0.15, 0.2) is 46.9 Å². The van der Waals surface area contributed by atoms with Gasteiger partial charge in [0.2, 0.25) is 0 Å². The number of rotatable bonds is 4. The average Bonchev–Trinajstić information content (AvgIpc) is 2.41. The molecule has 0 aliphatic heterocycles. The summed E-state index contributed by atoms with van der Waals surface area (Å²) in [7, 11) is 0. The van der Waals surface area contributed by atoms with Gasteiger partial charge in [-0.15, -0.1) is 0 Å². The molecule has 0 aliphatic carbocycles. The van der Waals surface area contributed by atoms with Gasteiger partial charge in [-0.2, -0.15) is 0 Å². The van der Waals surface area contributed by atoms with E-state index in [9.17, 15) is 8.78 Å². The molecule has 100 valence electrons. The molecule has 0 amide bonds. The van der Waals surface area contributed by atoms with Gasteiger partial charge in [-0.05, 0) is 24.1 Å². The van der Waals surface area contributed by atoms with Crippen molar-refractivity contribution < 1.29 is 8.78 Å². The molecular weight excluding hydrogens is 314 g/mol. The second-order valence-electron chi connectivity index (χ2n) is 4.16. The van der Waals surface area contributed by atoms with Gasteiger partial charge >= 0.3 is 0 Å². The summed E-state index contributed by atoms with van der Waals surface area (Å²) in [6.45, 7) is 0. The Kier molecular flexibility index (Phi) is 4.63. The maximum atomic E-state index is 13.8. The van der Waals surface area contributed by atoms with E-state index in [-0.39, 0.29) is 5.56 Å². The van der Waals surface area contributed by atoms with Crippen molar-refractivity contribution in [2.75, 3.05) is 0 Å². The van der Waals surface area contributed by atoms with E-state index in [1.165, 1.54) is 12.1 Å². The van der Waals surface area contributed by atoms with Crippen LogP contribution in [0, 0.1) is 11.6 Å². The second kappa shape index (κ2) is 6.23. The summed E-state index contributed by atoms with van der Waals surface area (Å²) in [6, 6.07) is 11.2. The molecule has 0 fully saturated rings. The molecule has 0 saturated carbocycles. The smallest absolute Gasteiger partial charge is 0.163 e. The van der Waals surface area contributed by atoms with Crippen LogP contribution >= 0.6 is 15.9 Å². The fraction of sp³-hybridized carbons (Fsp3) is 0.143. The lowest BCUT2D eigenvalue weighted by molar-refractivity contribution is 0.464. The Morgan fingerprint density at radius 3 is 2.53 bits per heavy atom. The molecule has 2 aromatic rings. The SMILES string of the molecule is NNC(Cc1ccccc1Br)c1cccc(F)c1F. The standard InChI is InChI=1S/C14H13BrF2N2/c15-11-6-2-1-4-9(11)8-13(19-18)10-5-3-7-12(16)14(10)17/h1-7,13,19H,8,18H2. The number of nitrogens with two attached hydrogens (primary N) is 1. The van der Waals surface area contributed by atoms with Gasteiger partial charge in [0.1, 0.15) is 0 Å². The van der Waals surface area contributed by atoms with Crippen molar-refractivity contribution in [1.29, 1.82) is 0 Å². The van der Waals surface area contributed by atoms with Gasteiger partial charge in [0, 0.05) is 10.0 Å². The van der Waals surface area contributed by atoms with Crippen molar-refractivity contribution in [3.63, 3.8) is 0 Å². The zero-order valence-corrected chi connectivity index (χ0v) is 11.6. The maximum Gasteiger partial charge on any atom is 0.163 e. The van der Waals surface area contributed by atoms with Gasteiger partial charge in [0.05, 0.1) is 6.04 Å². The molecule has 2 nitrogen and oxygen atoms in total. The highest BCUT2D eigenvalue weighted by Crippen LogP contribution is 2.25. The minimum absolute atomic E-state index is 0.221. The Morgan fingerprint density at radius 1 is 1.11 bits per heavy atom. The van der Waals surface area contributed by atoms with Crippen LogP contribution in [0.25, 0.3) is 0 Å². The summed E-state index contributed by atoms with van der Waals surface area (Å²) in [5.41, 5.74) is 3.72. The Morgan fingerprint density at radius 2 is 1.84 bits per heavy atom. The van der Waals surface area contributed by atoms with Gasteiger partial charge in [-0.1, -0.05) is 46.3 Å². The first kappa shape index (κ1) is 14.1. The predicted molar refractivity (Wildman–Crippen MR) is 74.3 cm³/mol. The van der Waals surface area contributed by atoms with E-state index in [0.717, 1.165) is 16.1 Å². The molecule has 2 rings (SSSR count). The Bertz CT molecular complexity index is 575. The Balaban J connectivity index is 2.31. The van der Waals surface area contributed by atoms with Crippen molar-refractivity contribution in [1.82, 2.24) is 5.43 Å². The van der Waals surface area contributed by atoms with Crippen LogP contribution in [0.2, 0.25) is 0 Å². The van der Waals surface area contributed by atoms with Crippen LogP contribution in [-0.2, 0) is 6.42 Å². The lowest BCUT2D eigenvalue weighted by Gasteiger charge is -2.18. The van der Waals surface area contributed by atoms with Gasteiger partial charge in [0.25, 0.3) is 0 Å². The van der Waals surface area contributed by atoms with Crippen LogP contribution in [0.5, 0.6) is 0 Å². The van der Waals surface area contributed by atoms with Gasteiger partial charge in [-0.3, -0.25) is 11.3 Å². The summed E-state index contributed by atoms with van der Waals surface area (Å²) >= 11 is 3.42. The van der Waals surface area contributed by atoms with Crippen LogP contribution in [-0.4, -0.2) is 0 Å². The third-order valence-electron chi connectivity index (χ3n) is 2.94. The van der Waals surface area contributed by atoms with Crippen molar-refractivity contribution in [3.05, 3.63) is 69.7 Å². The predicted octanol–water partition coefficient (Wildman–Crippen LogP) is 3.47. The summed E-state index contributed by atoms with van der Waals surface area (Å²) in [6.07, 6.45) is 0.457. The molecule has 0 aliphatic rings. The molecule has 19 heavy (non-hydrogen) atoms. The highest BCUT2D eigenvalue weighted by atomic mass is 79.9. The van der Waals surface area contributed by atoms with Gasteiger partial charge in [0.15, 0.2) is 11.6 Å². The fourth-order valence-electron chi connectivity index (χ4n) is 1.93.